The van der Waals surface area contributed by atoms with Crippen LogP contribution in [0.4, 0.5) is 0 Å². The zero-order chi connectivity index (χ0) is 10.1. The first-order valence-corrected chi connectivity index (χ1v) is 4.64. The van der Waals surface area contributed by atoms with E-state index < -0.39 is 0 Å². The Kier molecular flexibility index (Phi) is 2.08. The number of nitrogens with one attached hydrogen (secondary N) is 1. The highest BCUT2D eigenvalue weighted by Crippen LogP contribution is 2.15. The van der Waals surface area contributed by atoms with Crippen molar-refractivity contribution in [2.75, 3.05) is 0 Å². The molecule has 0 amide bonds. The Morgan fingerprint density at radius 3 is 2.43 bits per heavy atom. The summed E-state index contributed by atoms with van der Waals surface area (Å²) in [4.78, 5) is 12.0. The average molecular weight is 187 g/mol. The van der Waals surface area contributed by atoms with Gasteiger partial charge in [0.25, 0.3) is 0 Å². The number of H-pyrrole nitrogens is 1. The van der Waals surface area contributed by atoms with Gasteiger partial charge in [0.05, 0.1) is 5.69 Å². The highest BCUT2D eigenvalue weighted by Gasteiger charge is 2.05. The maximum atomic E-state index is 4.40. The van der Waals surface area contributed by atoms with E-state index in [-0.39, 0.29) is 0 Å². The van der Waals surface area contributed by atoms with Gasteiger partial charge in [0.1, 0.15) is 5.69 Å². The second-order valence-electron chi connectivity index (χ2n) is 3.46. The summed E-state index contributed by atoms with van der Waals surface area (Å²) in [5.74, 6) is 0.851. The van der Waals surface area contributed by atoms with Crippen molar-refractivity contribution in [3.8, 4) is 11.5 Å². The van der Waals surface area contributed by atoms with Gasteiger partial charge in [0.2, 0.25) is 0 Å². The summed E-state index contributed by atoms with van der Waals surface area (Å²) in [5.41, 5.74) is 4.04. The van der Waals surface area contributed by atoms with Crippen LogP contribution in [-0.2, 0) is 0 Å². The Labute approximate surface area is 83.2 Å². The van der Waals surface area contributed by atoms with Crippen molar-refractivity contribution in [1.29, 1.82) is 0 Å². The van der Waals surface area contributed by atoms with E-state index in [4.69, 9.17) is 0 Å². The topological polar surface area (TPSA) is 41.6 Å². The predicted molar refractivity (Wildman–Crippen MR) is 56.0 cm³/mol. The van der Waals surface area contributed by atoms with Crippen LogP contribution in [0.1, 0.15) is 17.1 Å². The first kappa shape index (κ1) is 8.94. The number of rotatable bonds is 1. The van der Waals surface area contributed by atoms with E-state index in [1.165, 1.54) is 0 Å². The first-order valence-electron chi connectivity index (χ1n) is 4.64. The van der Waals surface area contributed by atoms with Crippen LogP contribution in [0.15, 0.2) is 18.2 Å². The van der Waals surface area contributed by atoms with E-state index in [0.29, 0.717) is 0 Å². The quantitative estimate of drug-likeness (QED) is 0.744. The third kappa shape index (κ3) is 1.53. The molecule has 3 heteroatoms. The minimum absolute atomic E-state index is 0.851. The molecule has 0 atom stereocenters. The smallest absolute Gasteiger partial charge is 0.156 e. The largest absolute Gasteiger partial charge is 0.341 e. The lowest BCUT2D eigenvalue weighted by molar-refractivity contribution is 1.15. The fraction of sp³-hybridized carbons (Fsp3) is 0.273. The third-order valence-corrected chi connectivity index (χ3v) is 2.26. The second-order valence-corrected chi connectivity index (χ2v) is 3.46. The van der Waals surface area contributed by atoms with Crippen molar-refractivity contribution in [2.45, 2.75) is 20.8 Å². The molecule has 2 rings (SSSR count). The van der Waals surface area contributed by atoms with Crippen molar-refractivity contribution < 1.29 is 0 Å². The molecule has 0 aliphatic heterocycles. The van der Waals surface area contributed by atoms with Crippen LogP contribution in [0.2, 0.25) is 0 Å². The molecule has 0 radical (unpaired) electrons. The molecule has 1 N–H and O–H groups in total. The number of hydrogen-bond acceptors (Lipinski definition) is 2. The van der Waals surface area contributed by atoms with Gasteiger partial charge < -0.3 is 4.98 Å². The number of hydrogen-bond donors (Lipinski definition) is 1. The SMILES string of the molecule is Cc1cccc(-c2nc(C)c(C)[nH]2)n1. The predicted octanol–water partition coefficient (Wildman–Crippen LogP) is 2.40. The highest BCUT2D eigenvalue weighted by atomic mass is 15.0. The Bertz CT molecular complexity index is 438. The molecule has 72 valence electrons. The van der Waals surface area contributed by atoms with Gasteiger partial charge in [-0.05, 0) is 32.9 Å². The molecule has 2 aromatic rings. The van der Waals surface area contributed by atoms with Crippen LogP contribution < -0.4 is 0 Å². The summed E-state index contributed by atoms with van der Waals surface area (Å²) < 4.78 is 0. The molecule has 0 bridgehead atoms. The summed E-state index contributed by atoms with van der Waals surface area (Å²) in [6, 6.07) is 5.93. The molecule has 0 unspecified atom stereocenters. The van der Waals surface area contributed by atoms with E-state index >= 15 is 0 Å². The molecule has 0 saturated carbocycles. The molecule has 0 aliphatic carbocycles. The van der Waals surface area contributed by atoms with Crippen LogP contribution in [0, 0.1) is 20.8 Å². The summed E-state index contributed by atoms with van der Waals surface area (Å²) in [7, 11) is 0. The van der Waals surface area contributed by atoms with Crippen LogP contribution in [0.3, 0.4) is 0 Å². The normalized spacial score (nSPS) is 10.5. The van der Waals surface area contributed by atoms with Crippen LogP contribution in [0.5, 0.6) is 0 Å². The minimum Gasteiger partial charge on any atom is -0.341 e. The molecule has 3 nitrogen and oxygen atoms in total. The Morgan fingerprint density at radius 1 is 1.07 bits per heavy atom. The van der Waals surface area contributed by atoms with E-state index in [2.05, 4.69) is 15.0 Å². The van der Waals surface area contributed by atoms with Crippen molar-refractivity contribution in [2.24, 2.45) is 0 Å². The molecule has 0 fully saturated rings. The first-order chi connectivity index (χ1) is 6.66. The number of aromatic amines is 1. The monoisotopic (exact) mass is 187 g/mol. The van der Waals surface area contributed by atoms with Crippen molar-refractivity contribution in [3.63, 3.8) is 0 Å². The van der Waals surface area contributed by atoms with Crippen LogP contribution in [-0.4, -0.2) is 15.0 Å². The summed E-state index contributed by atoms with van der Waals surface area (Å²) in [5, 5.41) is 0. The van der Waals surface area contributed by atoms with Crippen LogP contribution >= 0.6 is 0 Å². The van der Waals surface area contributed by atoms with Gasteiger partial charge in [-0.25, -0.2) is 9.97 Å². The Hall–Kier alpha value is -1.64. The molecule has 0 aliphatic rings. The van der Waals surface area contributed by atoms with E-state index in [1.54, 1.807) is 0 Å². The summed E-state index contributed by atoms with van der Waals surface area (Å²) in [6.07, 6.45) is 0. The van der Waals surface area contributed by atoms with Gasteiger partial charge >= 0.3 is 0 Å². The minimum atomic E-state index is 0.851. The lowest BCUT2D eigenvalue weighted by Gasteiger charge is -1.96. The number of imidazole rings is 1. The molecule has 0 aromatic carbocycles. The van der Waals surface area contributed by atoms with Crippen molar-refractivity contribution >= 4 is 0 Å². The van der Waals surface area contributed by atoms with Gasteiger partial charge in [-0.3, -0.25) is 0 Å². The number of pyridine rings is 1. The second kappa shape index (κ2) is 3.25. The Balaban J connectivity index is 2.49. The molecule has 2 heterocycles. The van der Waals surface area contributed by atoms with Gasteiger partial charge in [0.15, 0.2) is 5.82 Å². The maximum Gasteiger partial charge on any atom is 0.156 e. The molecular formula is C11H13N3. The van der Waals surface area contributed by atoms with Gasteiger partial charge in [-0.15, -0.1) is 0 Å². The molecule has 0 spiro atoms. The van der Waals surface area contributed by atoms with Crippen LogP contribution in [0.25, 0.3) is 11.5 Å². The maximum absolute atomic E-state index is 4.40. The number of nitrogens with zero attached hydrogens (tertiary/aromatic N) is 2. The lowest BCUT2D eigenvalue weighted by atomic mass is 10.3. The molecular weight excluding hydrogens is 174 g/mol. The van der Waals surface area contributed by atoms with Gasteiger partial charge in [0, 0.05) is 11.4 Å². The zero-order valence-corrected chi connectivity index (χ0v) is 8.63. The highest BCUT2D eigenvalue weighted by molar-refractivity contribution is 5.50. The van der Waals surface area contributed by atoms with E-state index in [1.807, 2.05) is 39.0 Å². The molecule has 14 heavy (non-hydrogen) atoms. The van der Waals surface area contributed by atoms with Crippen molar-refractivity contribution in [3.05, 3.63) is 35.3 Å². The fourth-order valence-corrected chi connectivity index (χ4v) is 1.34. The van der Waals surface area contributed by atoms with Gasteiger partial charge in [-0.2, -0.15) is 0 Å². The van der Waals surface area contributed by atoms with E-state index in [9.17, 15) is 0 Å². The summed E-state index contributed by atoms with van der Waals surface area (Å²) in [6.45, 7) is 5.99. The van der Waals surface area contributed by atoms with E-state index in [0.717, 1.165) is 28.6 Å². The average Bonchev–Trinajstić information content (AvgIpc) is 2.47. The lowest BCUT2D eigenvalue weighted by Crippen LogP contribution is -1.87. The van der Waals surface area contributed by atoms with Gasteiger partial charge in [-0.1, -0.05) is 6.07 Å². The zero-order valence-electron chi connectivity index (χ0n) is 8.63. The standard InChI is InChI=1S/C11H13N3/c1-7-5-4-6-10(12-7)11-13-8(2)9(3)14-11/h4-6H,1-3H3,(H,13,14). The fourth-order valence-electron chi connectivity index (χ4n) is 1.34. The summed E-state index contributed by atoms with van der Waals surface area (Å²) >= 11 is 0. The van der Waals surface area contributed by atoms with Crippen molar-refractivity contribution in [1.82, 2.24) is 15.0 Å². The molecule has 2 aromatic heterocycles. The number of aromatic nitrogens is 3. The number of aryl methyl sites for hydroxylation is 3. The Morgan fingerprint density at radius 2 is 1.86 bits per heavy atom. The molecule has 0 saturated heterocycles. The third-order valence-electron chi connectivity index (χ3n) is 2.26.